The number of carbonyl (C=O) groups is 2. The van der Waals surface area contributed by atoms with Crippen LogP contribution in [-0.2, 0) is 11.2 Å². The number of hydrogen-bond acceptors (Lipinski definition) is 3. The van der Waals surface area contributed by atoms with Crippen LogP contribution in [0.5, 0.6) is 0 Å². The maximum Gasteiger partial charge on any atom is 0.220 e. The zero-order chi connectivity index (χ0) is 17.5. The Balaban J connectivity index is 2.52. The van der Waals surface area contributed by atoms with Gasteiger partial charge in [-0.1, -0.05) is 45.0 Å². The minimum atomic E-state index is -0.406. The first-order chi connectivity index (χ1) is 10.8. The van der Waals surface area contributed by atoms with Crippen LogP contribution >= 0.6 is 0 Å². The van der Waals surface area contributed by atoms with Gasteiger partial charge in [-0.15, -0.1) is 0 Å². The molecule has 128 valence electrons. The zero-order valence-electron chi connectivity index (χ0n) is 14.8. The molecule has 3 N–H and O–H groups in total. The number of Topliss-reactive ketones (excluding diaryl/α,β-unsaturated/α-hetero) is 1. The fraction of sp³-hybridized carbons (Fsp3) is 0.579. The highest BCUT2D eigenvalue weighted by Gasteiger charge is 2.25. The Bertz CT molecular complexity index is 523. The average Bonchev–Trinajstić information content (AvgIpc) is 2.51. The second-order valence-corrected chi connectivity index (χ2v) is 6.88. The first-order valence-corrected chi connectivity index (χ1v) is 8.43. The van der Waals surface area contributed by atoms with Crippen molar-refractivity contribution in [2.24, 2.45) is 11.7 Å². The number of carbonyl (C=O) groups excluding carboxylic acids is 2. The van der Waals surface area contributed by atoms with E-state index in [9.17, 15) is 9.59 Å². The van der Waals surface area contributed by atoms with Gasteiger partial charge in [-0.25, -0.2) is 0 Å². The van der Waals surface area contributed by atoms with Gasteiger partial charge in [0.1, 0.15) is 0 Å². The molecule has 0 fully saturated rings. The second kappa shape index (κ2) is 8.82. The van der Waals surface area contributed by atoms with E-state index in [0.717, 1.165) is 12.8 Å². The molecule has 23 heavy (non-hydrogen) atoms. The van der Waals surface area contributed by atoms with Gasteiger partial charge in [0.25, 0.3) is 0 Å². The van der Waals surface area contributed by atoms with Crippen molar-refractivity contribution in [1.29, 1.82) is 0 Å². The van der Waals surface area contributed by atoms with Crippen molar-refractivity contribution in [3.05, 3.63) is 35.4 Å². The molecule has 1 aromatic rings. The maximum atomic E-state index is 12.2. The molecule has 0 aliphatic carbocycles. The molecule has 1 rings (SSSR count). The van der Waals surface area contributed by atoms with Crippen molar-refractivity contribution in [1.82, 2.24) is 5.32 Å². The summed E-state index contributed by atoms with van der Waals surface area (Å²) >= 11 is 0. The fourth-order valence-corrected chi connectivity index (χ4v) is 2.78. The van der Waals surface area contributed by atoms with Gasteiger partial charge in [-0.05, 0) is 31.2 Å². The predicted molar refractivity (Wildman–Crippen MR) is 94.4 cm³/mol. The van der Waals surface area contributed by atoms with E-state index in [1.807, 2.05) is 31.2 Å². The highest BCUT2D eigenvalue weighted by molar-refractivity contribution is 5.98. The van der Waals surface area contributed by atoms with E-state index in [-0.39, 0.29) is 24.5 Å². The number of amides is 1. The Hall–Kier alpha value is -1.68. The molecule has 0 bridgehead atoms. The first kappa shape index (κ1) is 19.4. The smallest absolute Gasteiger partial charge is 0.220 e. The summed E-state index contributed by atoms with van der Waals surface area (Å²) in [5.74, 6) is 0.334. The first-order valence-electron chi connectivity index (χ1n) is 8.43. The standard InChI is InChI=1S/C19H30N2O2/c1-5-15-6-8-16(9-7-15)17(22)10-11-18(23)21-19(4,13-20)12-14(2)3/h6-9,14H,5,10-13,20H2,1-4H3,(H,21,23). The van der Waals surface area contributed by atoms with E-state index >= 15 is 0 Å². The van der Waals surface area contributed by atoms with Crippen molar-refractivity contribution >= 4 is 11.7 Å². The molecule has 0 saturated heterocycles. The molecule has 1 atom stereocenters. The average molecular weight is 318 g/mol. The van der Waals surface area contributed by atoms with Gasteiger partial charge in [-0.3, -0.25) is 9.59 Å². The van der Waals surface area contributed by atoms with Crippen molar-refractivity contribution in [3.63, 3.8) is 0 Å². The zero-order valence-corrected chi connectivity index (χ0v) is 14.8. The van der Waals surface area contributed by atoms with E-state index in [2.05, 4.69) is 26.1 Å². The van der Waals surface area contributed by atoms with Crippen molar-refractivity contribution in [3.8, 4) is 0 Å². The lowest BCUT2D eigenvalue weighted by Crippen LogP contribution is -2.52. The van der Waals surface area contributed by atoms with E-state index in [0.29, 0.717) is 18.0 Å². The highest BCUT2D eigenvalue weighted by Crippen LogP contribution is 2.16. The van der Waals surface area contributed by atoms with Crippen molar-refractivity contribution in [2.45, 2.75) is 58.9 Å². The normalized spacial score (nSPS) is 13.7. The molecule has 4 heteroatoms. The number of nitrogens with two attached hydrogens (primary N) is 1. The third-order valence-electron chi connectivity index (χ3n) is 4.01. The quantitative estimate of drug-likeness (QED) is 0.687. The van der Waals surface area contributed by atoms with E-state index < -0.39 is 5.54 Å². The van der Waals surface area contributed by atoms with Crippen LogP contribution in [0.1, 0.15) is 62.9 Å². The van der Waals surface area contributed by atoms with Crippen LogP contribution in [0.15, 0.2) is 24.3 Å². The van der Waals surface area contributed by atoms with Crippen LogP contribution in [0.25, 0.3) is 0 Å². The highest BCUT2D eigenvalue weighted by atomic mass is 16.2. The van der Waals surface area contributed by atoms with Crippen LogP contribution in [0.3, 0.4) is 0 Å². The second-order valence-electron chi connectivity index (χ2n) is 6.88. The van der Waals surface area contributed by atoms with E-state index in [1.54, 1.807) is 0 Å². The van der Waals surface area contributed by atoms with E-state index in [1.165, 1.54) is 5.56 Å². The van der Waals surface area contributed by atoms with Gasteiger partial charge >= 0.3 is 0 Å². The molecule has 0 aromatic heterocycles. The monoisotopic (exact) mass is 318 g/mol. The third kappa shape index (κ3) is 6.53. The summed E-state index contributed by atoms with van der Waals surface area (Å²) in [5, 5.41) is 2.98. The molecule has 1 amide bonds. The van der Waals surface area contributed by atoms with Gasteiger partial charge < -0.3 is 11.1 Å². The molecule has 0 heterocycles. The van der Waals surface area contributed by atoms with Crippen LogP contribution in [0, 0.1) is 5.92 Å². The lowest BCUT2D eigenvalue weighted by Gasteiger charge is -2.31. The SMILES string of the molecule is CCc1ccc(C(=O)CCC(=O)NC(C)(CN)CC(C)C)cc1. The summed E-state index contributed by atoms with van der Waals surface area (Å²) in [6.07, 6.45) is 2.19. The minimum absolute atomic E-state index is 0.00103. The van der Waals surface area contributed by atoms with Crippen LogP contribution in [0.2, 0.25) is 0 Å². The van der Waals surface area contributed by atoms with Crippen molar-refractivity contribution in [2.75, 3.05) is 6.54 Å². The number of rotatable bonds is 9. The Morgan fingerprint density at radius 3 is 2.26 bits per heavy atom. The Kier molecular flexibility index (Phi) is 7.43. The predicted octanol–water partition coefficient (Wildman–Crippen LogP) is 3.09. The molecule has 0 aliphatic heterocycles. The summed E-state index contributed by atoms with van der Waals surface area (Å²) in [5.41, 5.74) is 7.26. The fourth-order valence-electron chi connectivity index (χ4n) is 2.78. The summed E-state index contributed by atoms with van der Waals surface area (Å²) < 4.78 is 0. The third-order valence-corrected chi connectivity index (χ3v) is 4.01. The lowest BCUT2D eigenvalue weighted by molar-refractivity contribution is -0.122. The molecule has 4 nitrogen and oxygen atoms in total. The summed E-state index contributed by atoms with van der Waals surface area (Å²) in [6, 6.07) is 7.59. The molecular formula is C19H30N2O2. The van der Waals surface area contributed by atoms with Gasteiger partial charge in [0.2, 0.25) is 5.91 Å². The molecule has 0 aliphatic rings. The number of nitrogens with one attached hydrogen (secondary N) is 1. The van der Waals surface area contributed by atoms with Gasteiger partial charge in [0, 0.05) is 30.5 Å². The van der Waals surface area contributed by atoms with E-state index in [4.69, 9.17) is 5.73 Å². The van der Waals surface area contributed by atoms with Gasteiger partial charge in [0.05, 0.1) is 0 Å². The largest absolute Gasteiger partial charge is 0.350 e. The Morgan fingerprint density at radius 1 is 1.17 bits per heavy atom. The maximum absolute atomic E-state index is 12.2. The van der Waals surface area contributed by atoms with Gasteiger partial charge in [0.15, 0.2) is 5.78 Å². The van der Waals surface area contributed by atoms with Gasteiger partial charge in [-0.2, -0.15) is 0 Å². The summed E-state index contributed by atoms with van der Waals surface area (Å²) in [7, 11) is 0. The Morgan fingerprint density at radius 2 is 1.78 bits per heavy atom. The topological polar surface area (TPSA) is 72.2 Å². The molecular weight excluding hydrogens is 288 g/mol. The number of benzene rings is 1. The molecule has 1 unspecified atom stereocenters. The summed E-state index contributed by atoms with van der Waals surface area (Å²) in [6.45, 7) is 8.62. The molecule has 0 saturated carbocycles. The lowest BCUT2D eigenvalue weighted by atomic mass is 9.90. The number of hydrogen-bond donors (Lipinski definition) is 2. The number of aryl methyl sites for hydroxylation is 1. The van der Waals surface area contributed by atoms with Crippen LogP contribution in [-0.4, -0.2) is 23.8 Å². The van der Waals surface area contributed by atoms with Crippen molar-refractivity contribution < 1.29 is 9.59 Å². The molecule has 0 spiro atoms. The minimum Gasteiger partial charge on any atom is -0.350 e. The Labute approximate surface area is 139 Å². The van der Waals surface area contributed by atoms with Crippen LogP contribution in [0.4, 0.5) is 0 Å². The molecule has 1 aromatic carbocycles. The summed E-state index contributed by atoms with van der Waals surface area (Å²) in [4.78, 5) is 24.3. The number of ketones is 1. The molecule has 0 radical (unpaired) electrons. The van der Waals surface area contributed by atoms with Crippen LogP contribution < -0.4 is 11.1 Å².